The fourth-order valence-corrected chi connectivity index (χ4v) is 1.67. The Morgan fingerprint density at radius 3 is 2.21 bits per heavy atom. The molecule has 0 bridgehead atoms. The van der Waals surface area contributed by atoms with Crippen LogP contribution in [0.25, 0.3) is 0 Å². The SMILES string of the molecule is CCCCCC1(N)NC(N)NC(N)N1. The molecule has 0 amide bonds. The van der Waals surface area contributed by atoms with Gasteiger partial charge in [-0.15, -0.1) is 0 Å². The summed E-state index contributed by atoms with van der Waals surface area (Å²) in [4.78, 5) is 0. The molecule has 0 spiro atoms. The van der Waals surface area contributed by atoms with Gasteiger partial charge in [0.15, 0.2) is 0 Å². The monoisotopic (exact) mass is 202 g/mol. The van der Waals surface area contributed by atoms with Crippen LogP contribution in [0.5, 0.6) is 0 Å². The zero-order chi connectivity index (χ0) is 10.6. The van der Waals surface area contributed by atoms with Gasteiger partial charge in [0.2, 0.25) is 0 Å². The predicted octanol–water partition coefficient (Wildman–Crippen LogP) is -1.55. The van der Waals surface area contributed by atoms with Gasteiger partial charge in [0.25, 0.3) is 0 Å². The third kappa shape index (κ3) is 3.49. The van der Waals surface area contributed by atoms with Crippen LogP contribution in [0.1, 0.15) is 32.6 Å². The fourth-order valence-electron chi connectivity index (χ4n) is 1.67. The Morgan fingerprint density at radius 1 is 1.14 bits per heavy atom. The van der Waals surface area contributed by atoms with Crippen LogP contribution in [0.15, 0.2) is 0 Å². The van der Waals surface area contributed by atoms with Crippen molar-refractivity contribution in [2.24, 2.45) is 17.2 Å². The van der Waals surface area contributed by atoms with Crippen molar-refractivity contribution in [1.29, 1.82) is 0 Å². The molecular formula is C8H22N6. The molecule has 84 valence electrons. The molecule has 1 aliphatic rings. The normalized spacial score (nSPS) is 38.6. The maximum Gasteiger partial charge on any atom is 0.125 e. The van der Waals surface area contributed by atoms with Crippen molar-refractivity contribution in [3.63, 3.8) is 0 Å². The van der Waals surface area contributed by atoms with Gasteiger partial charge in [-0.1, -0.05) is 19.8 Å². The Balaban J connectivity index is 2.38. The van der Waals surface area contributed by atoms with Gasteiger partial charge in [-0.25, -0.2) is 0 Å². The number of hydrogen-bond acceptors (Lipinski definition) is 6. The molecule has 9 N–H and O–H groups in total. The molecule has 1 fully saturated rings. The van der Waals surface area contributed by atoms with Gasteiger partial charge in [-0.3, -0.25) is 16.0 Å². The van der Waals surface area contributed by atoms with E-state index in [0.717, 1.165) is 12.8 Å². The van der Waals surface area contributed by atoms with Crippen LogP contribution >= 0.6 is 0 Å². The second-order valence-corrected chi connectivity index (χ2v) is 3.84. The maximum absolute atomic E-state index is 6.06. The molecule has 0 aromatic heterocycles. The van der Waals surface area contributed by atoms with Crippen molar-refractivity contribution in [2.45, 2.75) is 51.0 Å². The minimum atomic E-state index is -0.640. The summed E-state index contributed by atoms with van der Waals surface area (Å²) in [7, 11) is 0. The minimum absolute atomic E-state index is 0.349. The average Bonchev–Trinajstić information content (AvgIpc) is 2.01. The van der Waals surface area contributed by atoms with Gasteiger partial charge in [0.05, 0.1) is 0 Å². The highest BCUT2D eigenvalue weighted by molar-refractivity contribution is 4.87. The molecule has 1 rings (SSSR count). The summed E-state index contributed by atoms with van der Waals surface area (Å²) in [5, 5.41) is 8.95. The number of rotatable bonds is 4. The number of nitrogens with two attached hydrogens (primary N) is 3. The molecule has 6 heteroatoms. The first-order valence-corrected chi connectivity index (χ1v) is 5.17. The predicted molar refractivity (Wildman–Crippen MR) is 56.4 cm³/mol. The van der Waals surface area contributed by atoms with E-state index in [9.17, 15) is 0 Å². The summed E-state index contributed by atoms with van der Waals surface area (Å²) in [6, 6.07) is 0. The topological polar surface area (TPSA) is 114 Å². The molecule has 0 aliphatic carbocycles. The van der Waals surface area contributed by atoms with E-state index >= 15 is 0 Å². The maximum atomic E-state index is 6.06. The Labute approximate surface area is 85.0 Å². The lowest BCUT2D eigenvalue weighted by molar-refractivity contribution is 0.107. The molecule has 0 radical (unpaired) electrons. The zero-order valence-corrected chi connectivity index (χ0v) is 8.72. The van der Waals surface area contributed by atoms with E-state index < -0.39 is 5.79 Å². The quantitative estimate of drug-likeness (QED) is 0.308. The lowest BCUT2D eigenvalue weighted by atomic mass is 10.1. The molecule has 2 unspecified atom stereocenters. The number of nitrogens with one attached hydrogen (secondary N) is 3. The Hall–Kier alpha value is -0.240. The second-order valence-electron chi connectivity index (χ2n) is 3.84. The van der Waals surface area contributed by atoms with Crippen LogP contribution in [-0.4, -0.2) is 18.4 Å². The van der Waals surface area contributed by atoms with E-state index in [0.29, 0.717) is 0 Å². The largest absolute Gasteiger partial charge is 0.303 e. The van der Waals surface area contributed by atoms with E-state index in [2.05, 4.69) is 22.9 Å². The van der Waals surface area contributed by atoms with Crippen LogP contribution in [0.2, 0.25) is 0 Å². The van der Waals surface area contributed by atoms with Crippen molar-refractivity contribution in [1.82, 2.24) is 16.0 Å². The van der Waals surface area contributed by atoms with Crippen molar-refractivity contribution < 1.29 is 0 Å². The molecular weight excluding hydrogens is 180 g/mol. The van der Waals surface area contributed by atoms with Crippen molar-refractivity contribution in [3.05, 3.63) is 0 Å². The summed E-state index contributed by atoms with van der Waals surface area (Å²) in [6.45, 7) is 2.16. The molecule has 1 heterocycles. The highest BCUT2D eigenvalue weighted by atomic mass is 15.5. The first kappa shape index (κ1) is 11.8. The molecule has 0 saturated carbocycles. The minimum Gasteiger partial charge on any atom is -0.303 e. The number of hydrogen-bond donors (Lipinski definition) is 6. The molecule has 14 heavy (non-hydrogen) atoms. The van der Waals surface area contributed by atoms with Crippen molar-refractivity contribution in [2.75, 3.05) is 0 Å². The van der Waals surface area contributed by atoms with Crippen LogP contribution in [0, 0.1) is 0 Å². The summed E-state index contributed by atoms with van der Waals surface area (Å²) in [6.07, 6.45) is 3.53. The summed E-state index contributed by atoms with van der Waals surface area (Å²) >= 11 is 0. The highest BCUT2D eigenvalue weighted by Crippen LogP contribution is 2.09. The second kappa shape index (κ2) is 5.01. The molecule has 0 aromatic carbocycles. The fraction of sp³-hybridized carbons (Fsp3) is 1.00. The molecule has 0 aromatic rings. The van der Waals surface area contributed by atoms with Crippen LogP contribution in [0.4, 0.5) is 0 Å². The van der Waals surface area contributed by atoms with Crippen LogP contribution in [-0.2, 0) is 0 Å². The van der Waals surface area contributed by atoms with Gasteiger partial charge in [-0.05, 0) is 12.8 Å². The smallest absolute Gasteiger partial charge is 0.125 e. The van der Waals surface area contributed by atoms with Gasteiger partial charge >= 0.3 is 0 Å². The van der Waals surface area contributed by atoms with Gasteiger partial charge in [0, 0.05) is 0 Å². The standard InChI is InChI=1S/C8H22N6/c1-2-3-4-5-8(11)13-6(9)12-7(10)14-8/h6-7,12-14H,2-5,9-11H2,1H3. The lowest BCUT2D eigenvalue weighted by Crippen LogP contribution is -2.81. The lowest BCUT2D eigenvalue weighted by Gasteiger charge is -2.42. The summed E-state index contributed by atoms with van der Waals surface area (Å²) in [5.41, 5.74) is 17.4. The Kier molecular flexibility index (Phi) is 4.24. The van der Waals surface area contributed by atoms with Crippen molar-refractivity contribution in [3.8, 4) is 0 Å². The Bertz CT molecular complexity index is 163. The van der Waals surface area contributed by atoms with E-state index in [4.69, 9.17) is 17.2 Å². The van der Waals surface area contributed by atoms with E-state index in [1.165, 1.54) is 12.8 Å². The first-order chi connectivity index (χ1) is 6.56. The average molecular weight is 202 g/mol. The van der Waals surface area contributed by atoms with Crippen LogP contribution < -0.4 is 33.2 Å². The third-order valence-corrected chi connectivity index (χ3v) is 2.36. The molecule has 6 nitrogen and oxygen atoms in total. The summed E-state index contributed by atoms with van der Waals surface area (Å²) in [5.74, 6) is -0.640. The van der Waals surface area contributed by atoms with Gasteiger partial charge in [0.1, 0.15) is 18.4 Å². The Morgan fingerprint density at radius 2 is 1.71 bits per heavy atom. The zero-order valence-electron chi connectivity index (χ0n) is 8.72. The molecule has 1 aliphatic heterocycles. The van der Waals surface area contributed by atoms with Crippen LogP contribution in [0.3, 0.4) is 0 Å². The molecule has 1 saturated heterocycles. The number of unbranched alkanes of at least 4 members (excludes halogenated alkanes) is 2. The van der Waals surface area contributed by atoms with E-state index in [-0.39, 0.29) is 12.6 Å². The van der Waals surface area contributed by atoms with E-state index in [1.54, 1.807) is 0 Å². The van der Waals surface area contributed by atoms with Gasteiger partial charge in [-0.2, -0.15) is 0 Å². The highest BCUT2D eigenvalue weighted by Gasteiger charge is 2.32. The third-order valence-electron chi connectivity index (χ3n) is 2.36. The van der Waals surface area contributed by atoms with Gasteiger partial charge < -0.3 is 17.2 Å². The molecule has 2 atom stereocenters. The summed E-state index contributed by atoms with van der Waals surface area (Å²) < 4.78 is 0. The van der Waals surface area contributed by atoms with E-state index in [1.807, 2.05) is 0 Å². The first-order valence-electron chi connectivity index (χ1n) is 5.17. The van der Waals surface area contributed by atoms with Crippen molar-refractivity contribution >= 4 is 0 Å².